The Morgan fingerprint density at radius 2 is 1.67 bits per heavy atom. The van der Waals surface area contributed by atoms with Crippen LogP contribution < -0.4 is 4.72 Å². The molecule has 6 heteroatoms. The van der Waals surface area contributed by atoms with Gasteiger partial charge in [-0.3, -0.25) is 0 Å². The molecule has 2 aromatic rings. The second kappa shape index (κ2) is 6.39. The first-order valence-corrected chi connectivity index (χ1v) is 8.48. The van der Waals surface area contributed by atoms with Crippen molar-refractivity contribution in [3.8, 4) is 6.07 Å². The van der Waals surface area contributed by atoms with Crippen LogP contribution in [0.5, 0.6) is 0 Å². The van der Waals surface area contributed by atoms with Crippen LogP contribution in [0.25, 0.3) is 0 Å². The molecule has 4 nitrogen and oxygen atoms in total. The number of nitrogens with one attached hydrogen (secondary N) is 1. The highest BCUT2D eigenvalue weighted by Gasteiger charge is 2.18. The van der Waals surface area contributed by atoms with Crippen LogP contribution in [0.15, 0.2) is 57.9 Å². The minimum Gasteiger partial charge on any atom is -0.207 e. The summed E-state index contributed by atoms with van der Waals surface area (Å²) in [6.07, 6.45) is 0. The van der Waals surface area contributed by atoms with Crippen LogP contribution in [0.4, 0.5) is 0 Å². The van der Waals surface area contributed by atoms with E-state index < -0.39 is 10.0 Å². The SMILES string of the molecule is CC(NS(=O)(=O)c1ccc(C#N)cc1)c1ccc(Br)cc1. The molecule has 1 N–H and O–H groups in total. The predicted octanol–water partition coefficient (Wildman–Crippen LogP) is 3.36. The van der Waals surface area contributed by atoms with E-state index in [9.17, 15) is 8.42 Å². The van der Waals surface area contributed by atoms with E-state index in [1.807, 2.05) is 30.3 Å². The van der Waals surface area contributed by atoms with Gasteiger partial charge in [0.25, 0.3) is 0 Å². The molecule has 0 aliphatic heterocycles. The molecule has 0 aromatic heterocycles. The first-order valence-electron chi connectivity index (χ1n) is 6.20. The quantitative estimate of drug-likeness (QED) is 0.903. The van der Waals surface area contributed by atoms with Crippen LogP contribution in [0.1, 0.15) is 24.1 Å². The van der Waals surface area contributed by atoms with Gasteiger partial charge in [0.1, 0.15) is 0 Å². The highest BCUT2D eigenvalue weighted by atomic mass is 79.9. The summed E-state index contributed by atoms with van der Waals surface area (Å²) < 4.78 is 28.1. The molecule has 2 aromatic carbocycles. The molecule has 0 aliphatic rings. The maximum absolute atomic E-state index is 12.3. The normalized spacial score (nSPS) is 12.6. The lowest BCUT2D eigenvalue weighted by molar-refractivity contribution is 0.567. The number of nitrogens with zero attached hydrogens (tertiary/aromatic N) is 1. The van der Waals surface area contributed by atoms with E-state index in [0.717, 1.165) is 10.0 Å². The topological polar surface area (TPSA) is 70.0 Å². The Kier molecular flexibility index (Phi) is 4.78. The Labute approximate surface area is 132 Å². The first kappa shape index (κ1) is 15.7. The van der Waals surface area contributed by atoms with E-state index in [4.69, 9.17) is 5.26 Å². The van der Waals surface area contributed by atoms with Crippen molar-refractivity contribution in [1.29, 1.82) is 5.26 Å². The summed E-state index contributed by atoms with van der Waals surface area (Å²) in [4.78, 5) is 0.144. The van der Waals surface area contributed by atoms with Crippen molar-refractivity contribution in [2.24, 2.45) is 0 Å². The Balaban J connectivity index is 2.20. The van der Waals surface area contributed by atoms with Crippen LogP contribution in [-0.4, -0.2) is 8.42 Å². The largest absolute Gasteiger partial charge is 0.241 e. The zero-order chi connectivity index (χ0) is 15.5. The summed E-state index contributed by atoms with van der Waals surface area (Å²) in [6, 6.07) is 14.9. The van der Waals surface area contributed by atoms with Gasteiger partial charge in [-0.15, -0.1) is 0 Å². The lowest BCUT2D eigenvalue weighted by Crippen LogP contribution is -2.26. The molecular weight excluding hydrogens is 352 g/mol. The number of hydrogen-bond acceptors (Lipinski definition) is 3. The van der Waals surface area contributed by atoms with Crippen LogP contribution in [0.3, 0.4) is 0 Å². The zero-order valence-electron chi connectivity index (χ0n) is 11.2. The summed E-state index contributed by atoms with van der Waals surface area (Å²) >= 11 is 3.34. The number of sulfonamides is 1. The number of benzene rings is 2. The fraction of sp³-hybridized carbons (Fsp3) is 0.133. The first-order chi connectivity index (χ1) is 9.92. The van der Waals surface area contributed by atoms with Crippen molar-refractivity contribution in [1.82, 2.24) is 4.72 Å². The Bertz CT molecular complexity index is 763. The molecule has 2 rings (SSSR count). The van der Waals surface area contributed by atoms with Gasteiger partial charge >= 0.3 is 0 Å². The lowest BCUT2D eigenvalue weighted by atomic mass is 10.1. The van der Waals surface area contributed by atoms with Gasteiger partial charge in [0.05, 0.1) is 16.5 Å². The summed E-state index contributed by atoms with van der Waals surface area (Å²) in [5, 5.41) is 8.73. The number of rotatable bonds is 4. The second-order valence-corrected chi connectivity index (χ2v) is 7.16. The van der Waals surface area contributed by atoms with Crippen molar-refractivity contribution < 1.29 is 8.42 Å². The summed E-state index contributed by atoms with van der Waals surface area (Å²) in [5.74, 6) is 0. The third kappa shape index (κ3) is 3.91. The molecule has 0 amide bonds. The minimum absolute atomic E-state index is 0.144. The highest BCUT2D eigenvalue weighted by Crippen LogP contribution is 2.19. The van der Waals surface area contributed by atoms with Crippen molar-refractivity contribution in [2.75, 3.05) is 0 Å². The van der Waals surface area contributed by atoms with Gasteiger partial charge in [0, 0.05) is 10.5 Å². The molecule has 0 aliphatic carbocycles. The van der Waals surface area contributed by atoms with Gasteiger partial charge < -0.3 is 0 Å². The fourth-order valence-corrected chi connectivity index (χ4v) is 3.33. The third-order valence-electron chi connectivity index (χ3n) is 3.00. The van der Waals surface area contributed by atoms with E-state index in [1.165, 1.54) is 24.3 Å². The van der Waals surface area contributed by atoms with Crippen molar-refractivity contribution >= 4 is 26.0 Å². The van der Waals surface area contributed by atoms with Crippen molar-refractivity contribution in [3.05, 3.63) is 64.1 Å². The molecule has 1 unspecified atom stereocenters. The van der Waals surface area contributed by atoms with Gasteiger partial charge in [-0.2, -0.15) is 5.26 Å². The maximum Gasteiger partial charge on any atom is 0.241 e. The van der Waals surface area contributed by atoms with Crippen molar-refractivity contribution in [3.63, 3.8) is 0 Å². The van der Waals surface area contributed by atoms with Crippen LogP contribution in [-0.2, 0) is 10.0 Å². The predicted molar refractivity (Wildman–Crippen MR) is 84.0 cm³/mol. The van der Waals surface area contributed by atoms with Crippen LogP contribution >= 0.6 is 15.9 Å². The molecule has 0 saturated carbocycles. The van der Waals surface area contributed by atoms with E-state index in [-0.39, 0.29) is 10.9 Å². The maximum atomic E-state index is 12.3. The molecule has 0 fully saturated rings. The standard InChI is InChI=1S/C15H13BrN2O2S/c1-11(13-4-6-14(16)7-5-13)18-21(19,20)15-8-2-12(10-17)3-9-15/h2-9,11,18H,1H3. The highest BCUT2D eigenvalue weighted by molar-refractivity contribution is 9.10. The summed E-state index contributed by atoms with van der Waals surface area (Å²) in [6.45, 7) is 1.78. The average molecular weight is 365 g/mol. The smallest absolute Gasteiger partial charge is 0.207 e. The number of nitriles is 1. The van der Waals surface area contributed by atoms with E-state index in [1.54, 1.807) is 6.92 Å². The number of halogens is 1. The van der Waals surface area contributed by atoms with Gasteiger partial charge in [-0.05, 0) is 48.9 Å². The monoisotopic (exact) mass is 364 g/mol. The molecule has 0 saturated heterocycles. The second-order valence-electron chi connectivity index (χ2n) is 4.53. The summed E-state index contributed by atoms with van der Waals surface area (Å²) in [7, 11) is -3.61. The molecule has 1 atom stereocenters. The molecule has 108 valence electrons. The van der Waals surface area contributed by atoms with E-state index >= 15 is 0 Å². The third-order valence-corrected chi connectivity index (χ3v) is 5.08. The fourth-order valence-electron chi connectivity index (χ4n) is 1.83. The Morgan fingerprint density at radius 3 is 2.19 bits per heavy atom. The van der Waals surface area contributed by atoms with Crippen LogP contribution in [0.2, 0.25) is 0 Å². The lowest BCUT2D eigenvalue weighted by Gasteiger charge is -2.14. The van der Waals surface area contributed by atoms with Gasteiger partial charge in [-0.1, -0.05) is 28.1 Å². The summed E-state index contributed by atoms with van der Waals surface area (Å²) in [5.41, 5.74) is 1.30. The minimum atomic E-state index is -3.61. The van der Waals surface area contributed by atoms with Gasteiger partial charge in [0.2, 0.25) is 10.0 Å². The molecule has 0 spiro atoms. The Hall–Kier alpha value is -1.68. The molecule has 0 bridgehead atoms. The van der Waals surface area contributed by atoms with E-state index in [0.29, 0.717) is 5.56 Å². The van der Waals surface area contributed by atoms with Gasteiger partial charge in [-0.25, -0.2) is 13.1 Å². The molecule has 0 radical (unpaired) electrons. The Morgan fingerprint density at radius 1 is 1.10 bits per heavy atom. The number of hydrogen-bond donors (Lipinski definition) is 1. The molecule has 0 heterocycles. The average Bonchev–Trinajstić information content (AvgIpc) is 2.47. The molecule has 21 heavy (non-hydrogen) atoms. The van der Waals surface area contributed by atoms with Crippen molar-refractivity contribution in [2.45, 2.75) is 17.9 Å². The van der Waals surface area contributed by atoms with Gasteiger partial charge in [0.15, 0.2) is 0 Å². The molecular formula is C15H13BrN2O2S. The van der Waals surface area contributed by atoms with Crippen LogP contribution in [0, 0.1) is 11.3 Å². The zero-order valence-corrected chi connectivity index (χ0v) is 13.6. The van der Waals surface area contributed by atoms with E-state index in [2.05, 4.69) is 20.7 Å².